The van der Waals surface area contributed by atoms with Crippen molar-refractivity contribution in [1.82, 2.24) is 0 Å². The van der Waals surface area contributed by atoms with Crippen molar-refractivity contribution in [2.45, 2.75) is 11.5 Å². The van der Waals surface area contributed by atoms with Gasteiger partial charge in [0.05, 0.1) is 6.26 Å². The normalized spacial score (nSPS) is 31.8. The minimum atomic E-state index is -0.136. The number of benzene rings is 2. The summed E-state index contributed by atoms with van der Waals surface area (Å²) in [4.78, 5) is 0. The molecule has 3 atom stereocenters. The van der Waals surface area contributed by atoms with E-state index in [4.69, 9.17) is 4.74 Å². The molecule has 0 spiro atoms. The Morgan fingerprint density at radius 3 is 2.22 bits per heavy atom. The van der Waals surface area contributed by atoms with E-state index in [9.17, 15) is 0 Å². The SMILES string of the molecule is C1=CC2C(c3ccccc3)[C@@]2(c2ccccc2)O1. The molecule has 1 aliphatic carbocycles. The smallest absolute Gasteiger partial charge is 0.148 e. The second-order valence-corrected chi connectivity index (χ2v) is 5.02. The zero-order valence-electron chi connectivity index (χ0n) is 9.99. The lowest BCUT2D eigenvalue weighted by atomic mass is 10.0. The van der Waals surface area contributed by atoms with Crippen LogP contribution in [0.1, 0.15) is 17.0 Å². The molecule has 0 radical (unpaired) electrons. The molecule has 18 heavy (non-hydrogen) atoms. The fourth-order valence-electron chi connectivity index (χ4n) is 3.29. The first-order valence-corrected chi connectivity index (χ1v) is 6.38. The molecule has 0 amide bonds. The van der Waals surface area contributed by atoms with Gasteiger partial charge in [-0.15, -0.1) is 0 Å². The Hall–Kier alpha value is -2.02. The zero-order valence-corrected chi connectivity index (χ0v) is 9.99. The molecule has 2 aromatic rings. The van der Waals surface area contributed by atoms with Gasteiger partial charge in [-0.2, -0.15) is 0 Å². The van der Waals surface area contributed by atoms with Gasteiger partial charge in [0.15, 0.2) is 0 Å². The highest BCUT2D eigenvalue weighted by Crippen LogP contribution is 2.69. The maximum atomic E-state index is 5.99. The van der Waals surface area contributed by atoms with Gasteiger partial charge >= 0.3 is 0 Å². The molecular formula is C17H14O. The third-order valence-electron chi connectivity index (χ3n) is 4.14. The molecule has 1 nitrogen and oxygen atoms in total. The van der Waals surface area contributed by atoms with Gasteiger partial charge in [0.2, 0.25) is 0 Å². The van der Waals surface area contributed by atoms with Crippen LogP contribution < -0.4 is 0 Å². The van der Waals surface area contributed by atoms with Crippen LogP contribution in [0.5, 0.6) is 0 Å². The molecule has 1 fully saturated rings. The lowest BCUT2D eigenvalue weighted by Crippen LogP contribution is -2.11. The van der Waals surface area contributed by atoms with Crippen molar-refractivity contribution in [2.24, 2.45) is 5.92 Å². The number of hydrogen-bond donors (Lipinski definition) is 0. The van der Waals surface area contributed by atoms with Crippen molar-refractivity contribution >= 4 is 0 Å². The number of rotatable bonds is 2. The van der Waals surface area contributed by atoms with Crippen LogP contribution in [-0.4, -0.2) is 0 Å². The maximum Gasteiger partial charge on any atom is 0.148 e. The average molecular weight is 234 g/mol. The molecule has 0 bridgehead atoms. The van der Waals surface area contributed by atoms with E-state index in [0.29, 0.717) is 11.8 Å². The van der Waals surface area contributed by atoms with Gasteiger partial charge in [-0.1, -0.05) is 60.7 Å². The number of ether oxygens (including phenoxy) is 1. The van der Waals surface area contributed by atoms with E-state index in [0.717, 1.165) is 0 Å². The van der Waals surface area contributed by atoms with Gasteiger partial charge in [0, 0.05) is 11.8 Å². The third-order valence-corrected chi connectivity index (χ3v) is 4.14. The average Bonchev–Trinajstić information content (AvgIpc) is 2.90. The van der Waals surface area contributed by atoms with Gasteiger partial charge in [0.25, 0.3) is 0 Å². The summed E-state index contributed by atoms with van der Waals surface area (Å²) in [7, 11) is 0. The van der Waals surface area contributed by atoms with E-state index in [1.54, 1.807) is 0 Å². The monoisotopic (exact) mass is 234 g/mol. The highest BCUT2D eigenvalue weighted by molar-refractivity contribution is 5.47. The van der Waals surface area contributed by atoms with Crippen molar-refractivity contribution in [3.8, 4) is 0 Å². The van der Waals surface area contributed by atoms with Crippen LogP contribution in [0.15, 0.2) is 73.0 Å². The van der Waals surface area contributed by atoms with E-state index in [1.807, 2.05) is 6.26 Å². The van der Waals surface area contributed by atoms with E-state index in [2.05, 4.69) is 66.7 Å². The lowest BCUT2D eigenvalue weighted by molar-refractivity contribution is 0.121. The second-order valence-electron chi connectivity index (χ2n) is 5.02. The highest BCUT2D eigenvalue weighted by Gasteiger charge is 2.69. The van der Waals surface area contributed by atoms with Crippen molar-refractivity contribution < 1.29 is 4.74 Å². The molecule has 2 unspecified atom stereocenters. The molecular weight excluding hydrogens is 220 g/mol. The highest BCUT2D eigenvalue weighted by atomic mass is 16.5. The van der Waals surface area contributed by atoms with Crippen LogP contribution in [-0.2, 0) is 10.3 Å². The van der Waals surface area contributed by atoms with Gasteiger partial charge in [-0.25, -0.2) is 0 Å². The fraction of sp³-hybridized carbons (Fsp3) is 0.176. The molecule has 0 aromatic heterocycles. The van der Waals surface area contributed by atoms with Gasteiger partial charge in [-0.05, 0) is 17.2 Å². The molecule has 2 aromatic carbocycles. The van der Waals surface area contributed by atoms with Crippen LogP contribution >= 0.6 is 0 Å². The predicted molar refractivity (Wildman–Crippen MR) is 71.0 cm³/mol. The molecule has 1 heterocycles. The summed E-state index contributed by atoms with van der Waals surface area (Å²) in [5.41, 5.74) is 2.52. The quantitative estimate of drug-likeness (QED) is 0.767. The first-order chi connectivity index (χ1) is 8.93. The van der Waals surface area contributed by atoms with Crippen molar-refractivity contribution in [1.29, 1.82) is 0 Å². The molecule has 4 rings (SSSR count). The summed E-state index contributed by atoms with van der Waals surface area (Å²) >= 11 is 0. The summed E-state index contributed by atoms with van der Waals surface area (Å²) in [6.45, 7) is 0. The van der Waals surface area contributed by atoms with Gasteiger partial charge in [0.1, 0.15) is 5.60 Å². The largest absolute Gasteiger partial charge is 0.489 e. The molecule has 2 aliphatic rings. The van der Waals surface area contributed by atoms with Crippen LogP contribution in [0.4, 0.5) is 0 Å². The fourth-order valence-corrected chi connectivity index (χ4v) is 3.29. The predicted octanol–water partition coefficient (Wildman–Crippen LogP) is 3.84. The lowest BCUT2D eigenvalue weighted by Gasteiger charge is -2.16. The Kier molecular flexibility index (Phi) is 1.93. The Morgan fingerprint density at radius 1 is 0.833 bits per heavy atom. The van der Waals surface area contributed by atoms with Crippen molar-refractivity contribution in [2.75, 3.05) is 0 Å². The Balaban J connectivity index is 1.78. The molecule has 0 N–H and O–H groups in total. The minimum Gasteiger partial charge on any atom is -0.489 e. The molecule has 0 saturated heterocycles. The first-order valence-electron chi connectivity index (χ1n) is 6.38. The van der Waals surface area contributed by atoms with Crippen LogP contribution in [0, 0.1) is 5.92 Å². The Morgan fingerprint density at radius 2 is 1.50 bits per heavy atom. The summed E-state index contributed by atoms with van der Waals surface area (Å²) in [6, 6.07) is 21.2. The van der Waals surface area contributed by atoms with E-state index < -0.39 is 0 Å². The summed E-state index contributed by atoms with van der Waals surface area (Å²) in [6.07, 6.45) is 4.06. The number of hydrogen-bond acceptors (Lipinski definition) is 1. The summed E-state index contributed by atoms with van der Waals surface area (Å²) in [5.74, 6) is 0.952. The van der Waals surface area contributed by atoms with Gasteiger partial charge in [-0.3, -0.25) is 0 Å². The van der Waals surface area contributed by atoms with Crippen molar-refractivity contribution in [3.63, 3.8) is 0 Å². The second kappa shape index (κ2) is 3.49. The van der Waals surface area contributed by atoms with Crippen LogP contribution in [0.3, 0.4) is 0 Å². The third kappa shape index (κ3) is 1.16. The molecule has 1 heteroatoms. The standard InChI is InChI=1S/C17H14O/c1-3-7-13(8-4-1)16-15-11-12-18-17(15,16)14-9-5-2-6-10-14/h1-12,15-16H/t15?,16?,17-/m0/s1. The van der Waals surface area contributed by atoms with Crippen molar-refractivity contribution in [3.05, 3.63) is 84.1 Å². The molecule has 88 valence electrons. The van der Waals surface area contributed by atoms with Crippen LogP contribution in [0.25, 0.3) is 0 Å². The Labute approximate surface area is 107 Å². The molecule has 1 aliphatic heterocycles. The van der Waals surface area contributed by atoms with E-state index in [1.165, 1.54) is 11.1 Å². The summed E-state index contributed by atoms with van der Waals surface area (Å²) in [5, 5.41) is 0. The van der Waals surface area contributed by atoms with E-state index in [-0.39, 0.29) is 5.60 Å². The number of fused-ring (bicyclic) bond motifs is 1. The minimum absolute atomic E-state index is 0.136. The topological polar surface area (TPSA) is 9.23 Å². The van der Waals surface area contributed by atoms with Gasteiger partial charge < -0.3 is 4.74 Å². The Bertz CT molecular complexity index is 588. The van der Waals surface area contributed by atoms with Crippen LogP contribution in [0.2, 0.25) is 0 Å². The maximum absolute atomic E-state index is 5.99. The first kappa shape index (κ1) is 9.95. The zero-order chi connectivity index (χ0) is 12.0. The summed E-state index contributed by atoms with van der Waals surface area (Å²) < 4.78 is 5.99. The van der Waals surface area contributed by atoms with E-state index >= 15 is 0 Å². The molecule has 1 saturated carbocycles.